The zero-order chi connectivity index (χ0) is 19.5. The quantitative estimate of drug-likeness (QED) is 0.525. The third-order valence-corrected chi connectivity index (χ3v) is 6.38. The molecule has 0 spiro atoms. The Hall–Kier alpha value is -2.83. The fourth-order valence-corrected chi connectivity index (χ4v) is 4.76. The normalized spacial score (nSPS) is 16.9. The second kappa shape index (κ2) is 8.04. The number of amides is 1. The highest BCUT2D eigenvalue weighted by molar-refractivity contribution is 8.18. The molecular formula is C22H18N2O2S2. The maximum Gasteiger partial charge on any atom is 0.266 e. The van der Waals surface area contributed by atoms with Crippen LogP contribution in [-0.4, -0.2) is 30.1 Å². The van der Waals surface area contributed by atoms with E-state index in [1.54, 1.807) is 30.4 Å². The zero-order valence-electron chi connectivity index (χ0n) is 15.5. The summed E-state index contributed by atoms with van der Waals surface area (Å²) in [5.74, 6) is 0.798. The molecule has 0 atom stereocenters. The minimum Gasteiger partial charge on any atom is -0.497 e. The monoisotopic (exact) mass is 406 g/mol. The van der Waals surface area contributed by atoms with Gasteiger partial charge in [-0.25, -0.2) is 4.99 Å². The molecule has 1 saturated heterocycles. The smallest absolute Gasteiger partial charge is 0.266 e. The Morgan fingerprint density at radius 2 is 1.86 bits per heavy atom. The number of benzene rings is 2. The summed E-state index contributed by atoms with van der Waals surface area (Å²) < 4.78 is 5.30. The lowest BCUT2D eigenvalue weighted by atomic mass is 10.2. The van der Waals surface area contributed by atoms with E-state index >= 15 is 0 Å². The van der Waals surface area contributed by atoms with E-state index in [0.29, 0.717) is 10.1 Å². The van der Waals surface area contributed by atoms with Gasteiger partial charge in [0, 0.05) is 16.8 Å². The van der Waals surface area contributed by atoms with E-state index in [0.717, 1.165) is 26.8 Å². The molecule has 1 amide bonds. The van der Waals surface area contributed by atoms with Crippen molar-refractivity contribution in [3.05, 3.63) is 76.5 Å². The number of carbonyl (C=O) groups excluding carboxylic acids is 1. The van der Waals surface area contributed by atoms with Gasteiger partial charge < -0.3 is 4.74 Å². The molecule has 0 N–H and O–H groups in total. The van der Waals surface area contributed by atoms with Crippen LogP contribution in [0.2, 0.25) is 0 Å². The summed E-state index contributed by atoms with van der Waals surface area (Å²) in [6.45, 7) is 0. The molecule has 0 aliphatic carbocycles. The molecule has 1 aliphatic heterocycles. The standard InChI is InChI=1S/C22H18N2O2S2/c1-24-21(25)20(28-22(24)23-16-8-4-3-5-9-16)14-18-11-12-19(27-18)15-7-6-10-17(13-15)26-2/h3-14H,1-2H3/b20-14-,23-22+. The van der Waals surface area contributed by atoms with Gasteiger partial charge in [-0.15, -0.1) is 11.3 Å². The van der Waals surface area contributed by atoms with Gasteiger partial charge in [0.2, 0.25) is 0 Å². The number of amidine groups is 1. The van der Waals surface area contributed by atoms with E-state index in [2.05, 4.69) is 17.1 Å². The van der Waals surface area contributed by atoms with Crippen LogP contribution in [0.5, 0.6) is 5.75 Å². The van der Waals surface area contributed by atoms with E-state index in [-0.39, 0.29) is 5.91 Å². The first-order valence-electron chi connectivity index (χ1n) is 8.69. The van der Waals surface area contributed by atoms with Crippen LogP contribution in [0.15, 0.2) is 76.6 Å². The number of methoxy groups -OCH3 is 1. The SMILES string of the molecule is COc1cccc(-c2ccc(/C=C3\S/C(=N/c4ccccc4)N(C)C3=O)s2)c1. The number of hydrogen-bond acceptors (Lipinski definition) is 5. The van der Waals surface area contributed by atoms with Gasteiger partial charge >= 0.3 is 0 Å². The first-order chi connectivity index (χ1) is 13.6. The third-order valence-electron chi connectivity index (χ3n) is 4.24. The highest BCUT2D eigenvalue weighted by Gasteiger charge is 2.30. The molecule has 1 aliphatic rings. The lowest BCUT2D eigenvalue weighted by Crippen LogP contribution is -2.23. The third kappa shape index (κ3) is 3.88. The molecule has 140 valence electrons. The molecule has 4 rings (SSSR count). The molecule has 1 fully saturated rings. The van der Waals surface area contributed by atoms with Crippen molar-refractivity contribution >= 4 is 45.9 Å². The van der Waals surface area contributed by atoms with Gasteiger partial charge in [0.25, 0.3) is 5.91 Å². The Bertz CT molecular complexity index is 1070. The molecular weight excluding hydrogens is 388 g/mol. The van der Waals surface area contributed by atoms with Crippen molar-refractivity contribution in [2.24, 2.45) is 4.99 Å². The molecule has 3 aromatic rings. The molecule has 4 nitrogen and oxygen atoms in total. The Morgan fingerprint density at radius 1 is 1.04 bits per heavy atom. The van der Waals surface area contributed by atoms with Crippen LogP contribution in [-0.2, 0) is 4.79 Å². The van der Waals surface area contributed by atoms with Gasteiger partial charge in [0.15, 0.2) is 5.17 Å². The topological polar surface area (TPSA) is 41.9 Å². The van der Waals surface area contributed by atoms with Crippen LogP contribution < -0.4 is 4.74 Å². The van der Waals surface area contributed by atoms with E-state index in [4.69, 9.17) is 4.74 Å². The Labute approximate surface area is 172 Å². The minimum absolute atomic E-state index is 0.0315. The molecule has 2 aromatic carbocycles. The highest BCUT2D eigenvalue weighted by atomic mass is 32.2. The summed E-state index contributed by atoms with van der Waals surface area (Å²) >= 11 is 3.05. The van der Waals surface area contributed by atoms with Crippen LogP contribution in [0.3, 0.4) is 0 Å². The number of thiophene rings is 1. The minimum atomic E-state index is -0.0315. The van der Waals surface area contributed by atoms with E-state index in [1.165, 1.54) is 11.8 Å². The molecule has 28 heavy (non-hydrogen) atoms. The number of thioether (sulfide) groups is 1. The first-order valence-corrected chi connectivity index (χ1v) is 10.3. The summed E-state index contributed by atoms with van der Waals surface area (Å²) in [7, 11) is 3.42. The Morgan fingerprint density at radius 3 is 2.64 bits per heavy atom. The van der Waals surface area contributed by atoms with Crippen LogP contribution >= 0.6 is 23.1 Å². The van der Waals surface area contributed by atoms with Crippen molar-refractivity contribution < 1.29 is 9.53 Å². The molecule has 6 heteroatoms. The summed E-state index contributed by atoms with van der Waals surface area (Å²) in [5, 5.41) is 0.687. The first kappa shape index (κ1) is 18.5. The molecule has 2 heterocycles. The van der Waals surface area contributed by atoms with Crippen molar-refractivity contribution in [3.8, 4) is 16.2 Å². The number of para-hydroxylation sites is 1. The Kier molecular flexibility index (Phi) is 5.32. The Balaban J connectivity index is 1.58. The van der Waals surface area contributed by atoms with E-state index < -0.39 is 0 Å². The van der Waals surface area contributed by atoms with Gasteiger partial charge in [-0.05, 0) is 59.8 Å². The van der Waals surface area contributed by atoms with Crippen molar-refractivity contribution in [3.63, 3.8) is 0 Å². The lowest BCUT2D eigenvalue weighted by Gasteiger charge is -2.06. The largest absolute Gasteiger partial charge is 0.497 e. The van der Waals surface area contributed by atoms with Crippen molar-refractivity contribution in [2.75, 3.05) is 14.2 Å². The van der Waals surface area contributed by atoms with Gasteiger partial charge in [0.05, 0.1) is 17.7 Å². The predicted molar refractivity (Wildman–Crippen MR) is 118 cm³/mol. The summed E-state index contributed by atoms with van der Waals surface area (Å²) in [6.07, 6.45) is 1.94. The second-order valence-corrected chi connectivity index (χ2v) is 8.26. The number of hydrogen-bond donors (Lipinski definition) is 0. The van der Waals surface area contributed by atoms with Crippen molar-refractivity contribution in [2.45, 2.75) is 0 Å². The summed E-state index contributed by atoms with van der Waals surface area (Å²) in [4.78, 5) is 21.6. The van der Waals surface area contributed by atoms with Gasteiger partial charge in [-0.1, -0.05) is 30.3 Å². The molecule has 1 aromatic heterocycles. The maximum absolute atomic E-state index is 12.6. The van der Waals surface area contributed by atoms with Crippen molar-refractivity contribution in [1.29, 1.82) is 0 Å². The van der Waals surface area contributed by atoms with Crippen LogP contribution in [0.4, 0.5) is 5.69 Å². The van der Waals surface area contributed by atoms with Crippen molar-refractivity contribution in [1.82, 2.24) is 4.90 Å². The molecule has 0 saturated carbocycles. The van der Waals surface area contributed by atoms with E-state index in [9.17, 15) is 4.79 Å². The average Bonchev–Trinajstić information content (AvgIpc) is 3.30. The number of aliphatic imine (C=N–C) groups is 1. The number of nitrogens with zero attached hydrogens (tertiary/aromatic N) is 2. The van der Waals surface area contributed by atoms with Crippen LogP contribution in [0, 0.1) is 0 Å². The van der Waals surface area contributed by atoms with Gasteiger partial charge in [0.1, 0.15) is 5.75 Å². The highest BCUT2D eigenvalue weighted by Crippen LogP contribution is 2.36. The average molecular weight is 407 g/mol. The number of rotatable bonds is 4. The fraction of sp³-hybridized carbons (Fsp3) is 0.0909. The predicted octanol–water partition coefficient (Wildman–Crippen LogP) is 5.66. The zero-order valence-corrected chi connectivity index (χ0v) is 17.1. The number of likely N-dealkylation sites (N-methyl/N-ethyl adjacent to an activating group) is 1. The van der Waals surface area contributed by atoms with Gasteiger partial charge in [-0.3, -0.25) is 9.69 Å². The molecule has 0 radical (unpaired) electrons. The summed E-state index contributed by atoms with van der Waals surface area (Å²) in [5.41, 5.74) is 1.94. The molecule has 0 unspecified atom stereocenters. The maximum atomic E-state index is 12.6. The molecule has 0 bridgehead atoms. The van der Waals surface area contributed by atoms with E-state index in [1.807, 2.05) is 60.7 Å². The number of carbonyl (C=O) groups is 1. The van der Waals surface area contributed by atoms with Crippen LogP contribution in [0.25, 0.3) is 16.5 Å². The van der Waals surface area contributed by atoms with Crippen LogP contribution in [0.1, 0.15) is 4.88 Å². The number of ether oxygens (including phenoxy) is 1. The fourth-order valence-electron chi connectivity index (χ4n) is 2.76. The lowest BCUT2D eigenvalue weighted by molar-refractivity contribution is -0.121. The second-order valence-electron chi connectivity index (χ2n) is 6.14. The van der Waals surface area contributed by atoms with Gasteiger partial charge in [-0.2, -0.15) is 0 Å². The summed E-state index contributed by atoms with van der Waals surface area (Å²) in [6, 6.07) is 21.7.